The fourth-order valence-corrected chi connectivity index (χ4v) is 2.58. The molecule has 1 aromatic heterocycles. The zero-order valence-corrected chi connectivity index (χ0v) is 11.7. The Balaban J connectivity index is 2.36. The predicted molar refractivity (Wildman–Crippen MR) is 72.5 cm³/mol. The summed E-state index contributed by atoms with van der Waals surface area (Å²) in [6, 6.07) is 1.06. The summed E-state index contributed by atoms with van der Waals surface area (Å²) < 4.78 is 9.98. The van der Waals surface area contributed by atoms with E-state index in [1.165, 1.54) is 14.0 Å². The molecule has 1 atom stereocenters. The Bertz CT molecular complexity index is 814. The number of carbonyl (C=O) groups is 2. The van der Waals surface area contributed by atoms with E-state index >= 15 is 0 Å². The quantitative estimate of drug-likeness (QED) is 0.614. The van der Waals surface area contributed by atoms with Crippen LogP contribution in [0.25, 0.3) is 0 Å². The minimum atomic E-state index is -1.11. The van der Waals surface area contributed by atoms with E-state index in [1.54, 1.807) is 0 Å². The molecule has 3 N–H and O–H groups in total. The van der Waals surface area contributed by atoms with Gasteiger partial charge in [-0.1, -0.05) is 0 Å². The number of phenolic OH excluding ortho intramolecular Hbond substituents is 2. The molecule has 0 fully saturated rings. The van der Waals surface area contributed by atoms with Crippen LogP contribution in [-0.4, -0.2) is 34.0 Å². The van der Waals surface area contributed by atoms with Gasteiger partial charge in [0.25, 0.3) is 0 Å². The highest BCUT2D eigenvalue weighted by molar-refractivity contribution is 6.30. The van der Waals surface area contributed by atoms with Gasteiger partial charge in [-0.05, 0) is 6.92 Å². The normalized spacial score (nSPS) is 14.5. The van der Waals surface area contributed by atoms with Gasteiger partial charge in [-0.25, -0.2) is 0 Å². The number of fused-ring (bicyclic) bond motifs is 2. The molecule has 0 radical (unpaired) electrons. The molecule has 7 heteroatoms. The van der Waals surface area contributed by atoms with Crippen molar-refractivity contribution in [2.45, 2.75) is 13.0 Å². The Hall–Kier alpha value is -2.80. The van der Waals surface area contributed by atoms with Gasteiger partial charge in [0.15, 0.2) is 11.5 Å². The lowest BCUT2D eigenvalue weighted by Gasteiger charge is -2.19. The van der Waals surface area contributed by atoms with E-state index < -0.39 is 29.2 Å². The van der Waals surface area contributed by atoms with Crippen molar-refractivity contribution in [1.29, 1.82) is 0 Å². The smallest absolute Gasteiger partial charge is 0.202 e. The third-order valence-corrected chi connectivity index (χ3v) is 3.59. The molecule has 2 aromatic rings. The van der Waals surface area contributed by atoms with Gasteiger partial charge in [-0.3, -0.25) is 9.59 Å². The summed E-state index contributed by atoms with van der Waals surface area (Å²) in [5, 5.41) is 29.8. The molecule has 0 saturated heterocycles. The summed E-state index contributed by atoms with van der Waals surface area (Å²) in [6.07, 6.45) is -0.0511. The van der Waals surface area contributed by atoms with Crippen molar-refractivity contribution in [3.05, 3.63) is 40.3 Å². The van der Waals surface area contributed by atoms with Crippen LogP contribution in [0.1, 0.15) is 50.6 Å². The van der Waals surface area contributed by atoms with Gasteiger partial charge < -0.3 is 24.5 Å². The maximum atomic E-state index is 12.6. The molecule has 7 nitrogen and oxygen atoms in total. The number of aromatic hydroxyl groups is 2. The summed E-state index contributed by atoms with van der Waals surface area (Å²) in [7, 11) is 1.25. The van der Waals surface area contributed by atoms with E-state index in [2.05, 4.69) is 0 Å². The fraction of sp³-hybridized carbons (Fsp3) is 0.200. The van der Waals surface area contributed by atoms with Crippen molar-refractivity contribution in [2.75, 3.05) is 7.11 Å². The van der Waals surface area contributed by atoms with Crippen molar-refractivity contribution in [3.63, 3.8) is 0 Å². The Labute approximate surface area is 124 Å². The van der Waals surface area contributed by atoms with Gasteiger partial charge in [0, 0.05) is 6.07 Å². The second-order valence-electron chi connectivity index (χ2n) is 4.92. The Morgan fingerprint density at radius 1 is 1.14 bits per heavy atom. The zero-order valence-electron chi connectivity index (χ0n) is 11.7. The van der Waals surface area contributed by atoms with Crippen molar-refractivity contribution in [1.82, 2.24) is 0 Å². The third-order valence-electron chi connectivity index (χ3n) is 3.59. The van der Waals surface area contributed by atoms with E-state index in [0.717, 1.165) is 12.3 Å². The molecule has 114 valence electrons. The molecule has 0 aliphatic heterocycles. The second kappa shape index (κ2) is 4.60. The number of benzene rings is 1. The highest BCUT2D eigenvalue weighted by Crippen LogP contribution is 2.44. The van der Waals surface area contributed by atoms with Gasteiger partial charge in [0.1, 0.15) is 23.9 Å². The van der Waals surface area contributed by atoms with Gasteiger partial charge in [-0.15, -0.1) is 0 Å². The van der Waals surface area contributed by atoms with Crippen LogP contribution in [0.2, 0.25) is 0 Å². The molecule has 3 rings (SSSR count). The molecule has 0 amide bonds. The summed E-state index contributed by atoms with van der Waals surface area (Å²) in [4.78, 5) is 25.1. The van der Waals surface area contributed by atoms with Gasteiger partial charge in [-0.2, -0.15) is 0 Å². The number of furan rings is 1. The fourth-order valence-electron chi connectivity index (χ4n) is 2.58. The molecule has 1 aliphatic carbocycles. The molecule has 1 aliphatic rings. The molecule has 22 heavy (non-hydrogen) atoms. The molecule has 0 bridgehead atoms. The number of rotatable bonds is 2. The zero-order chi connectivity index (χ0) is 16.2. The Morgan fingerprint density at radius 3 is 2.41 bits per heavy atom. The molecule has 0 saturated carbocycles. The average molecular weight is 304 g/mol. The number of carbonyl (C=O) groups excluding carboxylic acids is 2. The topological polar surface area (TPSA) is 117 Å². The minimum Gasteiger partial charge on any atom is -0.507 e. The van der Waals surface area contributed by atoms with Crippen LogP contribution in [0.15, 0.2) is 16.7 Å². The largest absolute Gasteiger partial charge is 0.507 e. The number of methoxy groups -OCH3 is 1. The van der Waals surface area contributed by atoms with Crippen LogP contribution in [0.3, 0.4) is 0 Å². The molecule has 0 unspecified atom stereocenters. The van der Waals surface area contributed by atoms with Crippen LogP contribution in [0.5, 0.6) is 17.2 Å². The maximum Gasteiger partial charge on any atom is 0.202 e. The molecule has 1 heterocycles. The number of aliphatic hydroxyl groups excluding tert-OH is 1. The summed E-state index contributed by atoms with van der Waals surface area (Å²) in [5.74, 6) is -2.62. The summed E-state index contributed by atoms with van der Waals surface area (Å²) in [5.41, 5.74) is -0.852. The van der Waals surface area contributed by atoms with E-state index in [0.29, 0.717) is 0 Å². The maximum absolute atomic E-state index is 12.6. The highest BCUT2D eigenvalue weighted by atomic mass is 16.5. The Morgan fingerprint density at radius 2 is 1.82 bits per heavy atom. The van der Waals surface area contributed by atoms with Crippen LogP contribution >= 0.6 is 0 Å². The van der Waals surface area contributed by atoms with Gasteiger partial charge in [0.2, 0.25) is 11.6 Å². The van der Waals surface area contributed by atoms with Crippen molar-refractivity contribution >= 4 is 11.6 Å². The lowest BCUT2D eigenvalue weighted by molar-refractivity contribution is 0.0969. The molecule has 1 aromatic carbocycles. The Kier molecular flexibility index (Phi) is 2.96. The van der Waals surface area contributed by atoms with Crippen LogP contribution in [-0.2, 0) is 0 Å². The third kappa shape index (κ3) is 1.66. The second-order valence-corrected chi connectivity index (χ2v) is 4.92. The van der Waals surface area contributed by atoms with E-state index in [-0.39, 0.29) is 33.8 Å². The molecular weight excluding hydrogens is 292 g/mol. The first-order chi connectivity index (χ1) is 10.4. The first kappa shape index (κ1) is 14.2. The number of aliphatic hydroxyl groups is 1. The van der Waals surface area contributed by atoms with Crippen LogP contribution in [0, 0.1) is 0 Å². The first-order valence-corrected chi connectivity index (χ1v) is 6.40. The van der Waals surface area contributed by atoms with E-state index in [4.69, 9.17) is 9.15 Å². The predicted octanol–water partition coefficient (Wildman–Crippen LogP) is 1.53. The van der Waals surface area contributed by atoms with Crippen molar-refractivity contribution in [3.8, 4) is 17.2 Å². The SMILES string of the molecule is COc1cc(O)c2c(c1O)C(=O)c1c(coc1[C@@H](C)O)C2=O. The standard InChI is InChI=1S/C15H12O7/c1-5(16)15-9-6(4-22-15)12(18)10-7(17)3-8(21-2)13(19)11(10)14(9)20/h3-5,16-17,19H,1-2H3/t5-/m1/s1. The average Bonchev–Trinajstić information content (AvgIpc) is 2.92. The van der Waals surface area contributed by atoms with Crippen LogP contribution in [0.4, 0.5) is 0 Å². The monoisotopic (exact) mass is 304 g/mol. The van der Waals surface area contributed by atoms with Crippen molar-refractivity contribution in [2.24, 2.45) is 0 Å². The van der Waals surface area contributed by atoms with Gasteiger partial charge >= 0.3 is 0 Å². The lowest BCUT2D eigenvalue weighted by Crippen LogP contribution is -2.21. The summed E-state index contributed by atoms with van der Waals surface area (Å²) >= 11 is 0. The lowest BCUT2D eigenvalue weighted by atomic mass is 9.83. The number of hydrogen-bond donors (Lipinski definition) is 3. The number of hydrogen-bond acceptors (Lipinski definition) is 7. The number of phenols is 2. The number of ketones is 2. The van der Waals surface area contributed by atoms with Crippen molar-refractivity contribution < 1.29 is 34.1 Å². The molecular formula is C15H12O7. The van der Waals surface area contributed by atoms with Crippen LogP contribution < -0.4 is 4.74 Å². The minimum absolute atomic E-state index is 0.0618. The highest BCUT2D eigenvalue weighted by Gasteiger charge is 2.40. The molecule has 0 spiro atoms. The van der Waals surface area contributed by atoms with Gasteiger partial charge in [0.05, 0.1) is 29.4 Å². The first-order valence-electron chi connectivity index (χ1n) is 6.40. The van der Waals surface area contributed by atoms with E-state index in [1.807, 2.05) is 0 Å². The summed E-state index contributed by atoms with van der Waals surface area (Å²) in [6.45, 7) is 1.38. The number of ether oxygens (including phenoxy) is 1. The van der Waals surface area contributed by atoms with E-state index in [9.17, 15) is 24.9 Å².